The summed E-state index contributed by atoms with van der Waals surface area (Å²) in [5.41, 5.74) is 1.50. The molecule has 4 heteroatoms. The van der Waals surface area contributed by atoms with Gasteiger partial charge in [-0.2, -0.15) is 5.10 Å². The van der Waals surface area contributed by atoms with E-state index in [1.807, 2.05) is 0 Å². The van der Waals surface area contributed by atoms with Crippen molar-refractivity contribution in [3.63, 3.8) is 0 Å². The summed E-state index contributed by atoms with van der Waals surface area (Å²) in [6.45, 7) is 4.05. The minimum absolute atomic E-state index is 0.189. The van der Waals surface area contributed by atoms with Crippen molar-refractivity contribution in [1.82, 2.24) is 15.2 Å². The first kappa shape index (κ1) is 13.3. The standard InChI is InChI=1S/C16H20FN3/c1-10-5-3-4-6-13(10)16-18-15(19-20-16)12-7-8-14(17)11(2)9-12/h7-10,13H,3-6H2,1-2H3,(H,18,19,20)/t10-,13+/m0/s1. The number of hydrogen-bond acceptors (Lipinski definition) is 2. The molecular formula is C16H20FN3. The van der Waals surface area contributed by atoms with Gasteiger partial charge in [0.2, 0.25) is 0 Å². The molecule has 1 heterocycles. The van der Waals surface area contributed by atoms with Gasteiger partial charge in [-0.25, -0.2) is 9.37 Å². The molecule has 20 heavy (non-hydrogen) atoms. The summed E-state index contributed by atoms with van der Waals surface area (Å²) < 4.78 is 13.3. The van der Waals surface area contributed by atoms with E-state index in [0.29, 0.717) is 23.2 Å². The molecule has 1 aromatic heterocycles. The highest BCUT2D eigenvalue weighted by molar-refractivity contribution is 5.55. The molecule has 0 aliphatic heterocycles. The van der Waals surface area contributed by atoms with Crippen molar-refractivity contribution in [2.75, 3.05) is 0 Å². The van der Waals surface area contributed by atoms with Crippen LogP contribution in [0.2, 0.25) is 0 Å². The fourth-order valence-electron chi connectivity index (χ4n) is 3.08. The quantitative estimate of drug-likeness (QED) is 0.890. The Kier molecular flexibility index (Phi) is 3.55. The van der Waals surface area contributed by atoms with Crippen molar-refractivity contribution >= 4 is 0 Å². The molecule has 1 aromatic carbocycles. The van der Waals surface area contributed by atoms with Gasteiger partial charge in [0.15, 0.2) is 5.82 Å². The van der Waals surface area contributed by atoms with Crippen LogP contribution in [0, 0.1) is 18.7 Å². The van der Waals surface area contributed by atoms with Gasteiger partial charge in [-0.05, 0) is 43.0 Å². The number of aryl methyl sites for hydroxylation is 1. The maximum atomic E-state index is 13.3. The van der Waals surface area contributed by atoms with Gasteiger partial charge in [0.1, 0.15) is 11.6 Å². The van der Waals surface area contributed by atoms with Crippen molar-refractivity contribution in [3.05, 3.63) is 35.4 Å². The highest BCUT2D eigenvalue weighted by Crippen LogP contribution is 2.36. The molecule has 1 fully saturated rings. The minimum atomic E-state index is -0.189. The summed E-state index contributed by atoms with van der Waals surface area (Å²) in [7, 11) is 0. The van der Waals surface area contributed by atoms with Gasteiger partial charge < -0.3 is 0 Å². The second kappa shape index (κ2) is 5.35. The smallest absolute Gasteiger partial charge is 0.181 e. The number of aromatic amines is 1. The van der Waals surface area contributed by atoms with Crippen LogP contribution in [0.25, 0.3) is 11.4 Å². The normalized spacial score (nSPS) is 22.9. The average Bonchev–Trinajstić information content (AvgIpc) is 2.92. The number of H-pyrrole nitrogens is 1. The average molecular weight is 273 g/mol. The van der Waals surface area contributed by atoms with Gasteiger partial charge in [0, 0.05) is 11.5 Å². The maximum absolute atomic E-state index is 13.3. The Morgan fingerprint density at radius 1 is 1.25 bits per heavy atom. The molecule has 106 valence electrons. The molecule has 0 spiro atoms. The molecule has 3 nitrogen and oxygen atoms in total. The molecule has 0 saturated heterocycles. The number of halogens is 1. The monoisotopic (exact) mass is 273 g/mol. The van der Waals surface area contributed by atoms with Crippen LogP contribution in [0.1, 0.15) is 49.9 Å². The number of aromatic nitrogens is 3. The van der Waals surface area contributed by atoms with Gasteiger partial charge in [-0.3, -0.25) is 5.10 Å². The fourth-order valence-corrected chi connectivity index (χ4v) is 3.08. The van der Waals surface area contributed by atoms with E-state index in [-0.39, 0.29) is 5.82 Å². The molecule has 2 aromatic rings. The Hall–Kier alpha value is -1.71. The van der Waals surface area contributed by atoms with Gasteiger partial charge in [-0.1, -0.05) is 26.2 Å². The molecule has 0 amide bonds. The van der Waals surface area contributed by atoms with E-state index < -0.39 is 0 Å². The number of hydrogen-bond donors (Lipinski definition) is 1. The summed E-state index contributed by atoms with van der Waals surface area (Å²) in [6, 6.07) is 5.01. The number of nitrogens with zero attached hydrogens (tertiary/aromatic N) is 2. The van der Waals surface area contributed by atoms with E-state index in [1.54, 1.807) is 19.1 Å². The molecule has 3 rings (SSSR count). The van der Waals surface area contributed by atoms with E-state index >= 15 is 0 Å². The third-order valence-electron chi connectivity index (χ3n) is 4.38. The maximum Gasteiger partial charge on any atom is 0.181 e. The van der Waals surface area contributed by atoms with Crippen molar-refractivity contribution < 1.29 is 4.39 Å². The second-order valence-corrected chi connectivity index (χ2v) is 5.88. The molecule has 1 saturated carbocycles. The predicted molar refractivity (Wildman–Crippen MR) is 76.9 cm³/mol. The largest absolute Gasteiger partial charge is 0.262 e. The summed E-state index contributed by atoms with van der Waals surface area (Å²) in [6.07, 6.45) is 5.02. The molecule has 2 atom stereocenters. The van der Waals surface area contributed by atoms with Crippen LogP contribution in [0.15, 0.2) is 18.2 Å². The Morgan fingerprint density at radius 3 is 2.80 bits per heavy atom. The van der Waals surface area contributed by atoms with E-state index in [0.717, 1.165) is 11.4 Å². The van der Waals surface area contributed by atoms with Crippen molar-refractivity contribution in [1.29, 1.82) is 0 Å². The number of rotatable bonds is 2. The number of nitrogens with one attached hydrogen (secondary N) is 1. The molecule has 0 bridgehead atoms. The van der Waals surface area contributed by atoms with Crippen LogP contribution in [0.3, 0.4) is 0 Å². The van der Waals surface area contributed by atoms with Crippen molar-refractivity contribution in [2.45, 2.75) is 45.4 Å². The lowest BCUT2D eigenvalue weighted by atomic mass is 9.80. The lowest BCUT2D eigenvalue weighted by molar-refractivity contribution is 0.320. The summed E-state index contributed by atoms with van der Waals surface area (Å²) >= 11 is 0. The van der Waals surface area contributed by atoms with Gasteiger partial charge in [0.05, 0.1) is 0 Å². The van der Waals surface area contributed by atoms with Crippen molar-refractivity contribution in [2.24, 2.45) is 5.92 Å². The van der Waals surface area contributed by atoms with E-state index in [1.165, 1.54) is 31.7 Å². The second-order valence-electron chi connectivity index (χ2n) is 5.88. The highest BCUT2D eigenvalue weighted by Gasteiger charge is 2.25. The summed E-state index contributed by atoms with van der Waals surface area (Å²) in [5.74, 6) is 2.59. The van der Waals surface area contributed by atoms with E-state index in [9.17, 15) is 4.39 Å². The first-order chi connectivity index (χ1) is 9.65. The SMILES string of the molecule is Cc1cc(-c2n[nH]c([C@@H]3CCCC[C@@H]3C)n2)ccc1F. The fraction of sp³-hybridized carbons (Fsp3) is 0.500. The van der Waals surface area contributed by atoms with Crippen LogP contribution < -0.4 is 0 Å². The third-order valence-corrected chi connectivity index (χ3v) is 4.38. The Labute approximate surface area is 118 Å². The summed E-state index contributed by atoms with van der Waals surface area (Å²) in [5, 5.41) is 7.39. The molecule has 1 N–H and O–H groups in total. The van der Waals surface area contributed by atoms with Gasteiger partial charge in [-0.15, -0.1) is 0 Å². The molecule has 0 radical (unpaired) electrons. The Balaban J connectivity index is 1.87. The zero-order valence-corrected chi connectivity index (χ0v) is 12.0. The first-order valence-electron chi connectivity index (χ1n) is 7.34. The van der Waals surface area contributed by atoms with Crippen LogP contribution >= 0.6 is 0 Å². The highest BCUT2D eigenvalue weighted by atomic mass is 19.1. The lowest BCUT2D eigenvalue weighted by Gasteiger charge is -2.26. The number of benzene rings is 1. The third kappa shape index (κ3) is 2.47. The van der Waals surface area contributed by atoms with E-state index in [4.69, 9.17) is 0 Å². The van der Waals surface area contributed by atoms with Gasteiger partial charge >= 0.3 is 0 Å². The molecular weight excluding hydrogens is 253 g/mol. The van der Waals surface area contributed by atoms with Crippen LogP contribution in [-0.4, -0.2) is 15.2 Å². The topological polar surface area (TPSA) is 41.6 Å². The molecule has 1 aliphatic carbocycles. The zero-order valence-electron chi connectivity index (χ0n) is 12.0. The zero-order chi connectivity index (χ0) is 14.1. The van der Waals surface area contributed by atoms with E-state index in [2.05, 4.69) is 22.1 Å². The van der Waals surface area contributed by atoms with Crippen molar-refractivity contribution in [3.8, 4) is 11.4 Å². The molecule has 0 unspecified atom stereocenters. The Bertz CT molecular complexity index is 606. The van der Waals surface area contributed by atoms with Crippen LogP contribution in [0.5, 0.6) is 0 Å². The van der Waals surface area contributed by atoms with Gasteiger partial charge in [0.25, 0.3) is 0 Å². The Morgan fingerprint density at radius 2 is 2.05 bits per heavy atom. The molecule has 1 aliphatic rings. The van der Waals surface area contributed by atoms with Crippen LogP contribution in [0.4, 0.5) is 4.39 Å². The van der Waals surface area contributed by atoms with Crippen LogP contribution in [-0.2, 0) is 0 Å². The predicted octanol–water partition coefficient (Wildman–Crippen LogP) is 4.21. The summed E-state index contributed by atoms with van der Waals surface area (Å²) in [4.78, 5) is 4.64. The lowest BCUT2D eigenvalue weighted by Crippen LogP contribution is -2.16. The first-order valence-corrected chi connectivity index (χ1v) is 7.34. The minimum Gasteiger partial charge on any atom is -0.262 e.